The highest BCUT2D eigenvalue weighted by Crippen LogP contribution is 2.39. The van der Waals surface area contributed by atoms with Gasteiger partial charge in [-0.3, -0.25) is 9.89 Å². The van der Waals surface area contributed by atoms with E-state index in [0.717, 1.165) is 0 Å². The number of rotatable bonds is 12. The molecule has 0 bridgehead atoms. The van der Waals surface area contributed by atoms with Gasteiger partial charge in [-0.05, 0) is 60.9 Å². The lowest BCUT2D eigenvalue weighted by Crippen LogP contribution is -2.63. The normalized spacial score (nSPS) is 20.5. The monoisotopic (exact) mass is 393 g/mol. The molecule has 0 spiro atoms. The predicted octanol–water partition coefficient (Wildman–Crippen LogP) is 6.91. The summed E-state index contributed by atoms with van der Waals surface area (Å²) in [4.78, 5) is 9.77. The Morgan fingerprint density at radius 1 is 0.857 bits per heavy atom. The first kappa shape index (κ1) is 25.5. The first-order chi connectivity index (χ1) is 13.2. The van der Waals surface area contributed by atoms with Gasteiger partial charge in [0.2, 0.25) is 0 Å². The van der Waals surface area contributed by atoms with E-state index in [2.05, 4.69) is 63.4 Å². The Labute approximate surface area is 177 Å². The molecular formula is C25H51N3. The van der Waals surface area contributed by atoms with E-state index < -0.39 is 0 Å². The maximum Gasteiger partial charge on any atom is 0.0956 e. The highest BCUT2D eigenvalue weighted by atomic mass is 15.3. The molecule has 0 aliphatic carbocycles. The number of unbranched alkanes of at least 4 members (excludes halogenated alkanes) is 9. The number of hydrogen-bond acceptors (Lipinski definition) is 2. The van der Waals surface area contributed by atoms with Gasteiger partial charge in [-0.1, -0.05) is 64.7 Å². The molecule has 166 valence electrons. The molecule has 0 aromatic heterocycles. The van der Waals surface area contributed by atoms with E-state index in [1.54, 1.807) is 0 Å². The fraction of sp³-hybridized carbons (Fsp3) is 0.960. The lowest BCUT2D eigenvalue weighted by molar-refractivity contribution is -0.0349. The van der Waals surface area contributed by atoms with Crippen LogP contribution in [0.1, 0.15) is 119 Å². The number of amidine groups is 1. The Kier molecular flexibility index (Phi) is 11.1. The summed E-state index contributed by atoms with van der Waals surface area (Å²) in [5, 5.41) is 0. The average molecular weight is 394 g/mol. The summed E-state index contributed by atoms with van der Waals surface area (Å²) >= 11 is 0. The SMILES string of the molecule is CCCCCCCCCCCCN(C(C)=NC)C1CC(C)(C)N(C)C(C)(C)C1. The van der Waals surface area contributed by atoms with Crippen LogP contribution in [-0.2, 0) is 0 Å². The number of piperidine rings is 1. The van der Waals surface area contributed by atoms with Crippen LogP contribution in [0.25, 0.3) is 0 Å². The van der Waals surface area contributed by atoms with Crippen molar-refractivity contribution in [2.45, 2.75) is 136 Å². The van der Waals surface area contributed by atoms with Gasteiger partial charge < -0.3 is 4.90 Å². The van der Waals surface area contributed by atoms with E-state index in [4.69, 9.17) is 0 Å². The first-order valence-electron chi connectivity index (χ1n) is 12.1. The quantitative estimate of drug-likeness (QED) is 0.204. The van der Waals surface area contributed by atoms with E-state index in [0.29, 0.717) is 6.04 Å². The second kappa shape index (κ2) is 12.2. The maximum absolute atomic E-state index is 4.57. The van der Waals surface area contributed by atoms with Gasteiger partial charge >= 0.3 is 0 Å². The van der Waals surface area contributed by atoms with E-state index in [1.165, 1.54) is 89.4 Å². The summed E-state index contributed by atoms with van der Waals surface area (Å²) < 4.78 is 0. The molecule has 3 heteroatoms. The van der Waals surface area contributed by atoms with Crippen molar-refractivity contribution in [3.8, 4) is 0 Å². The molecule has 3 nitrogen and oxygen atoms in total. The van der Waals surface area contributed by atoms with Crippen LogP contribution in [0.5, 0.6) is 0 Å². The van der Waals surface area contributed by atoms with E-state index in [1.807, 2.05) is 7.05 Å². The fourth-order valence-electron chi connectivity index (χ4n) is 5.05. The van der Waals surface area contributed by atoms with Crippen molar-refractivity contribution in [3.63, 3.8) is 0 Å². The molecule has 0 amide bonds. The number of nitrogens with zero attached hydrogens (tertiary/aromatic N) is 3. The van der Waals surface area contributed by atoms with Crippen LogP contribution in [0.3, 0.4) is 0 Å². The Hall–Kier alpha value is -0.570. The Bertz CT molecular complexity index is 435. The van der Waals surface area contributed by atoms with Crippen molar-refractivity contribution >= 4 is 5.84 Å². The Morgan fingerprint density at radius 3 is 1.71 bits per heavy atom. The molecule has 1 rings (SSSR count). The highest BCUT2D eigenvalue weighted by Gasteiger charge is 2.44. The molecular weight excluding hydrogens is 342 g/mol. The number of hydrogen-bond donors (Lipinski definition) is 0. The van der Waals surface area contributed by atoms with Crippen molar-refractivity contribution in [2.24, 2.45) is 4.99 Å². The third-order valence-electron chi connectivity index (χ3n) is 7.22. The maximum atomic E-state index is 4.57. The minimum Gasteiger partial charge on any atom is -0.357 e. The zero-order chi connectivity index (χ0) is 21.2. The summed E-state index contributed by atoms with van der Waals surface area (Å²) in [5.41, 5.74) is 0.465. The molecule has 0 N–H and O–H groups in total. The molecule has 0 unspecified atom stereocenters. The molecule has 1 aliphatic rings. The summed E-state index contributed by atoms with van der Waals surface area (Å²) in [5.74, 6) is 1.22. The lowest BCUT2D eigenvalue weighted by atomic mass is 9.77. The minimum absolute atomic E-state index is 0.233. The molecule has 0 radical (unpaired) electrons. The zero-order valence-electron chi connectivity index (χ0n) is 20.6. The van der Waals surface area contributed by atoms with E-state index in [-0.39, 0.29) is 11.1 Å². The average Bonchev–Trinajstić information content (AvgIpc) is 2.63. The molecule has 0 atom stereocenters. The van der Waals surface area contributed by atoms with Gasteiger partial charge in [-0.2, -0.15) is 0 Å². The second-order valence-corrected chi connectivity index (χ2v) is 10.4. The second-order valence-electron chi connectivity index (χ2n) is 10.4. The molecule has 1 fully saturated rings. The molecule has 0 saturated carbocycles. The third kappa shape index (κ3) is 8.05. The fourth-order valence-corrected chi connectivity index (χ4v) is 5.05. The van der Waals surface area contributed by atoms with Crippen LogP contribution in [0.4, 0.5) is 0 Å². The molecule has 28 heavy (non-hydrogen) atoms. The van der Waals surface area contributed by atoms with Gasteiger partial charge in [0.25, 0.3) is 0 Å². The van der Waals surface area contributed by atoms with Crippen LogP contribution < -0.4 is 0 Å². The molecule has 1 aliphatic heterocycles. The van der Waals surface area contributed by atoms with E-state index >= 15 is 0 Å². The standard InChI is InChI=1S/C25H51N3/c1-9-10-11-12-13-14-15-16-17-18-19-28(22(2)26-7)23-20-24(3,4)27(8)25(5,6)21-23/h23H,9-21H2,1-8H3. The number of likely N-dealkylation sites (tertiary alicyclic amines) is 1. The van der Waals surface area contributed by atoms with Gasteiger partial charge in [0.15, 0.2) is 0 Å². The molecule has 0 aromatic rings. The summed E-state index contributed by atoms with van der Waals surface area (Å²) in [7, 11) is 4.25. The summed E-state index contributed by atoms with van der Waals surface area (Å²) in [6.07, 6.45) is 16.4. The first-order valence-corrected chi connectivity index (χ1v) is 12.1. The van der Waals surface area contributed by atoms with Crippen molar-refractivity contribution in [1.82, 2.24) is 9.80 Å². The predicted molar refractivity (Wildman–Crippen MR) is 127 cm³/mol. The topological polar surface area (TPSA) is 18.8 Å². The minimum atomic E-state index is 0.233. The number of aliphatic imine (C=N–C) groups is 1. The van der Waals surface area contributed by atoms with Crippen molar-refractivity contribution in [2.75, 3.05) is 20.6 Å². The van der Waals surface area contributed by atoms with Gasteiger partial charge in [-0.15, -0.1) is 0 Å². The highest BCUT2D eigenvalue weighted by molar-refractivity contribution is 5.79. The van der Waals surface area contributed by atoms with Crippen LogP contribution >= 0.6 is 0 Å². The Morgan fingerprint density at radius 2 is 1.29 bits per heavy atom. The van der Waals surface area contributed by atoms with Crippen molar-refractivity contribution < 1.29 is 0 Å². The van der Waals surface area contributed by atoms with Crippen LogP contribution in [-0.4, -0.2) is 53.4 Å². The smallest absolute Gasteiger partial charge is 0.0956 e. The van der Waals surface area contributed by atoms with Gasteiger partial charge in [0.05, 0.1) is 5.84 Å². The zero-order valence-corrected chi connectivity index (χ0v) is 20.6. The summed E-state index contributed by atoms with van der Waals surface area (Å²) in [6.45, 7) is 15.3. The lowest BCUT2D eigenvalue weighted by Gasteiger charge is -2.56. The van der Waals surface area contributed by atoms with Gasteiger partial charge in [0, 0.05) is 30.7 Å². The van der Waals surface area contributed by atoms with Crippen LogP contribution in [0, 0.1) is 0 Å². The van der Waals surface area contributed by atoms with Crippen molar-refractivity contribution in [3.05, 3.63) is 0 Å². The van der Waals surface area contributed by atoms with E-state index in [9.17, 15) is 0 Å². The third-order valence-corrected chi connectivity index (χ3v) is 7.22. The summed E-state index contributed by atoms with van der Waals surface area (Å²) in [6, 6.07) is 0.600. The van der Waals surface area contributed by atoms with Crippen LogP contribution in [0.2, 0.25) is 0 Å². The molecule has 0 aromatic carbocycles. The molecule has 1 heterocycles. The van der Waals surface area contributed by atoms with Gasteiger partial charge in [0.1, 0.15) is 0 Å². The van der Waals surface area contributed by atoms with Crippen molar-refractivity contribution in [1.29, 1.82) is 0 Å². The molecule has 1 saturated heterocycles. The van der Waals surface area contributed by atoms with Gasteiger partial charge in [-0.25, -0.2) is 0 Å². The van der Waals surface area contributed by atoms with Crippen LogP contribution in [0.15, 0.2) is 4.99 Å². The Balaban J connectivity index is 2.44. The largest absolute Gasteiger partial charge is 0.357 e.